The lowest BCUT2D eigenvalue weighted by atomic mass is 9.63. The van der Waals surface area contributed by atoms with Gasteiger partial charge in [-0.25, -0.2) is 4.79 Å². The maximum absolute atomic E-state index is 13.3. The van der Waals surface area contributed by atoms with Crippen molar-refractivity contribution in [1.82, 2.24) is 0 Å². The Labute approximate surface area is 178 Å². The first-order chi connectivity index (χ1) is 14.2. The van der Waals surface area contributed by atoms with Crippen LogP contribution in [0.5, 0.6) is 0 Å². The zero-order valence-corrected chi connectivity index (χ0v) is 18.4. The van der Waals surface area contributed by atoms with E-state index in [2.05, 4.69) is 13.8 Å². The zero-order chi connectivity index (χ0) is 21.5. The highest BCUT2D eigenvalue weighted by atomic mass is 16.6. The van der Waals surface area contributed by atoms with E-state index in [1.807, 2.05) is 38.1 Å². The molecule has 160 valence electrons. The van der Waals surface area contributed by atoms with E-state index in [1.165, 1.54) is 0 Å². The second-order valence-electron chi connectivity index (χ2n) is 9.69. The Bertz CT molecular complexity index is 904. The van der Waals surface area contributed by atoms with E-state index in [1.54, 1.807) is 0 Å². The molecule has 1 saturated heterocycles. The fraction of sp³-hybridized carbons (Fsp3) is 0.560. The third kappa shape index (κ3) is 4.13. The number of ketones is 1. The van der Waals surface area contributed by atoms with Gasteiger partial charge in [-0.15, -0.1) is 0 Å². The molecule has 1 saturated carbocycles. The molecule has 0 bridgehead atoms. The Morgan fingerprint density at radius 2 is 1.90 bits per heavy atom. The van der Waals surface area contributed by atoms with Gasteiger partial charge in [0.2, 0.25) is 0 Å². The first-order valence-corrected chi connectivity index (χ1v) is 10.9. The molecule has 1 unspecified atom stereocenters. The van der Waals surface area contributed by atoms with E-state index < -0.39 is 5.92 Å². The lowest BCUT2D eigenvalue weighted by molar-refractivity contribution is -0.142. The van der Waals surface area contributed by atoms with E-state index >= 15 is 0 Å². The predicted octanol–water partition coefficient (Wildman–Crippen LogP) is 4.53. The number of aryl methyl sites for hydroxylation is 1. The molecule has 4 rings (SSSR count). The number of nitrogens with zero attached hydrogens (tertiary/aromatic N) is 1. The Kier molecular flexibility index (Phi) is 5.67. The Morgan fingerprint density at radius 3 is 2.57 bits per heavy atom. The molecule has 0 spiro atoms. The average molecular weight is 410 g/mol. The lowest BCUT2D eigenvalue weighted by Gasteiger charge is -2.41. The molecule has 3 aliphatic rings. The molecular weight excluding hydrogens is 378 g/mol. The van der Waals surface area contributed by atoms with Crippen molar-refractivity contribution in [3.05, 3.63) is 46.7 Å². The summed E-state index contributed by atoms with van der Waals surface area (Å²) in [4.78, 5) is 31.2. The molecular formula is C25H31NO4. The maximum Gasteiger partial charge on any atom is 0.336 e. The van der Waals surface area contributed by atoms with Crippen molar-refractivity contribution in [3.63, 3.8) is 0 Å². The van der Waals surface area contributed by atoms with Gasteiger partial charge in [0.25, 0.3) is 0 Å². The van der Waals surface area contributed by atoms with Crippen molar-refractivity contribution in [3.8, 4) is 0 Å². The van der Waals surface area contributed by atoms with Crippen LogP contribution in [-0.2, 0) is 19.1 Å². The topological polar surface area (TPSA) is 65.0 Å². The van der Waals surface area contributed by atoms with Crippen molar-refractivity contribution < 1.29 is 19.1 Å². The Hall–Kier alpha value is -2.27. The number of rotatable bonds is 4. The van der Waals surface area contributed by atoms with Crippen molar-refractivity contribution in [1.29, 1.82) is 0 Å². The summed E-state index contributed by atoms with van der Waals surface area (Å²) in [5, 5.41) is 0. The van der Waals surface area contributed by atoms with Gasteiger partial charge in [0, 0.05) is 30.4 Å². The summed E-state index contributed by atoms with van der Waals surface area (Å²) in [7, 11) is 0. The summed E-state index contributed by atoms with van der Waals surface area (Å²) in [6, 6.07) is 8.11. The first kappa shape index (κ1) is 21.0. The lowest BCUT2D eigenvalue weighted by Crippen LogP contribution is -2.44. The van der Waals surface area contributed by atoms with Gasteiger partial charge >= 0.3 is 5.97 Å². The molecule has 3 atom stereocenters. The van der Waals surface area contributed by atoms with E-state index in [4.69, 9.17) is 14.5 Å². The van der Waals surface area contributed by atoms with Gasteiger partial charge in [-0.05, 0) is 44.1 Å². The van der Waals surface area contributed by atoms with Crippen LogP contribution >= 0.6 is 0 Å². The number of fused-ring (bicyclic) bond motifs is 1. The standard InChI is InChI=1S/C25H31NO4/c1-15-7-9-17(10-8-15)22-21(24(28)30-14-18-6-5-11-29-18)16(2)26-19-12-25(3,4)13-20(27)23(19)22/h7-10,18,22-23H,5-6,11-14H2,1-4H3/t18-,22+,23?/m1/s1. The van der Waals surface area contributed by atoms with Crippen molar-refractivity contribution >= 4 is 17.5 Å². The maximum atomic E-state index is 13.3. The smallest absolute Gasteiger partial charge is 0.336 e. The summed E-state index contributed by atoms with van der Waals surface area (Å²) < 4.78 is 11.3. The quantitative estimate of drug-likeness (QED) is 0.685. The van der Waals surface area contributed by atoms with E-state index in [9.17, 15) is 9.59 Å². The minimum Gasteiger partial charge on any atom is -0.460 e. The normalized spacial score (nSPS) is 28.2. The van der Waals surface area contributed by atoms with Crippen molar-refractivity contribution in [2.45, 2.75) is 65.4 Å². The number of allylic oxidation sites excluding steroid dienone is 1. The van der Waals surface area contributed by atoms with Gasteiger partial charge in [-0.3, -0.25) is 9.79 Å². The molecule has 2 fully saturated rings. The van der Waals surface area contributed by atoms with Crippen LogP contribution in [-0.4, -0.2) is 36.8 Å². The number of carbonyl (C=O) groups excluding carboxylic acids is 2. The van der Waals surface area contributed by atoms with Gasteiger partial charge in [0.05, 0.1) is 17.6 Å². The predicted molar refractivity (Wildman–Crippen MR) is 116 cm³/mol. The summed E-state index contributed by atoms with van der Waals surface area (Å²) in [6.45, 7) is 9.07. The minimum atomic E-state index is -0.394. The van der Waals surface area contributed by atoms with Crippen LogP contribution in [0, 0.1) is 18.3 Å². The highest BCUT2D eigenvalue weighted by molar-refractivity contribution is 6.12. The van der Waals surface area contributed by atoms with Gasteiger partial charge < -0.3 is 9.47 Å². The zero-order valence-electron chi connectivity index (χ0n) is 18.4. The van der Waals surface area contributed by atoms with Gasteiger partial charge in [-0.2, -0.15) is 0 Å². The first-order valence-electron chi connectivity index (χ1n) is 10.9. The molecule has 30 heavy (non-hydrogen) atoms. The van der Waals surface area contributed by atoms with Crippen molar-refractivity contribution in [2.24, 2.45) is 16.3 Å². The SMILES string of the molecule is CC1=C(C(=O)OC[C@H]2CCCO2)[C@H](c2ccc(C)cc2)C2C(=O)CC(C)(C)CC2=N1. The molecule has 0 radical (unpaired) electrons. The monoisotopic (exact) mass is 409 g/mol. The fourth-order valence-corrected chi connectivity index (χ4v) is 5.01. The van der Waals surface area contributed by atoms with E-state index in [0.29, 0.717) is 17.7 Å². The highest BCUT2D eigenvalue weighted by Crippen LogP contribution is 2.47. The van der Waals surface area contributed by atoms with Crippen LogP contribution in [0.25, 0.3) is 0 Å². The molecule has 5 heteroatoms. The van der Waals surface area contributed by atoms with Crippen LogP contribution in [0.4, 0.5) is 0 Å². The number of hydrogen-bond donors (Lipinski definition) is 0. The molecule has 2 heterocycles. The second-order valence-corrected chi connectivity index (χ2v) is 9.69. The average Bonchev–Trinajstić information content (AvgIpc) is 3.18. The summed E-state index contributed by atoms with van der Waals surface area (Å²) >= 11 is 0. The summed E-state index contributed by atoms with van der Waals surface area (Å²) in [6.07, 6.45) is 3.13. The molecule has 2 aliphatic heterocycles. The van der Waals surface area contributed by atoms with Crippen LogP contribution in [0.15, 0.2) is 40.5 Å². The third-order valence-corrected chi connectivity index (χ3v) is 6.44. The number of esters is 1. The largest absolute Gasteiger partial charge is 0.460 e. The van der Waals surface area contributed by atoms with Crippen molar-refractivity contribution in [2.75, 3.05) is 13.2 Å². The third-order valence-electron chi connectivity index (χ3n) is 6.44. The molecule has 0 aromatic heterocycles. The van der Waals surface area contributed by atoms with E-state index in [0.717, 1.165) is 42.7 Å². The molecule has 1 aromatic rings. The number of Topliss-reactive ketones (excluding diaryl/α,β-unsaturated/α-hetero) is 1. The molecule has 1 aromatic carbocycles. The van der Waals surface area contributed by atoms with Gasteiger partial charge in [0.15, 0.2) is 0 Å². The molecule has 0 N–H and O–H groups in total. The van der Waals surface area contributed by atoms with Gasteiger partial charge in [-0.1, -0.05) is 43.7 Å². The number of aliphatic imine (C=N–C) groups is 1. The fourth-order valence-electron chi connectivity index (χ4n) is 5.01. The minimum absolute atomic E-state index is 0.0348. The van der Waals surface area contributed by atoms with Crippen LogP contribution in [0.3, 0.4) is 0 Å². The second kappa shape index (κ2) is 8.10. The number of carbonyl (C=O) groups is 2. The number of ether oxygens (including phenoxy) is 2. The molecule has 0 amide bonds. The van der Waals surface area contributed by atoms with Crippen LogP contribution in [0.2, 0.25) is 0 Å². The summed E-state index contributed by atoms with van der Waals surface area (Å²) in [5.41, 5.74) is 4.07. The number of benzene rings is 1. The number of hydrogen-bond acceptors (Lipinski definition) is 5. The highest BCUT2D eigenvalue weighted by Gasteiger charge is 2.47. The Balaban J connectivity index is 1.71. The molecule has 1 aliphatic carbocycles. The van der Waals surface area contributed by atoms with Gasteiger partial charge in [0.1, 0.15) is 12.4 Å². The Morgan fingerprint density at radius 1 is 1.17 bits per heavy atom. The van der Waals surface area contributed by atoms with E-state index in [-0.39, 0.29) is 35.8 Å². The van der Waals surface area contributed by atoms with Crippen LogP contribution < -0.4 is 0 Å². The van der Waals surface area contributed by atoms with Crippen LogP contribution in [0.1, 0.15) is 63.5 Å². The molecule has 5 nitrogen and oxygen atoms in total. The summed E-state index contributed by atoms with van der Waals surface area (Å²) in [5.74, 6) is -0.963.